The third kappa shape index (κ3) is 3.93. The average Bonchev–Trinajstić information content (AvgIpc) is 3.04. The van der Waals surface area contributed by atoms with Crippen LogP contribution < -0.4 is 4.74 Å². The van der Waals surface area contributed by atoms with Gasteiger partial charge in [0.2, 0.25) is 5.78 Å². The first kappa shape index (κ1) is 19.7. The fraction of sp³-hybridized carbons (Fsp3) is 0.0833. The van der Waals surface area contributed by atoms with Gasteiger partial charge in [0.1, 0.15) is 18.1 Å². The highest BCUT2D eigenvalue weighted by Crippen LogP contribution is 2.30. The second kappa shape index (κ2) is 8.43. The van der Waals surface area contributed by atoms with E-state index in [4.69, 9.17) is 16.5 Å². The van der Waals surface area contributed by atoms with Crippen molar-refractivity contribution >= 4 is 34.4 Å². The van der Waals surface area contributed by atoms with E-state index in [0.717, 1.165) is 5.56 Å². The molecule has 3 aromatic carbocycles. The quantitative estimate of drug-likeness (QED) is 0.424. The number of benzene rings is 3. The zero-order valence-electron chi connectivity index (χ0n) is 15.9. The first-order chi connectivity index (χ1) is 14.5. The molecule has 0 saturated carbocycles. The molecule has 0 unspecified atom stereocenters. The van der Waals surface area contributed by atoms with Gasteiger partial charge in [-0.05, 0) is 23.8 Å². The summed E-state index contributed by atoms with van der Waals surface area (Å²) in [6, 6.07) is 23.6. The van der Waals surface area contributed by atoms with E-state index in [-0.39, 0.29) is 17.9 Å². The van der Waals surface area contributed by atoms with Crippen molar-refractivity contribution in [2.24, 2.45) is 0 Å². The number of halogens is 1. The minimum absolute atomic E-state index is 0.153. The van der Waals surface area contributed by atoms with E-state index in [0.29, 0.717) is 34.4 Å². The molecule has 0 atom stereocenters. The van der Waals surface area contributed by atoms with Crippen LogP contribution in [0.25, 0.3) is 10.9 Å². The van der Waals surface area contributed by atoms with Gasteiger partial charge < -0.3 is 9.84 Å². The van der Waals surface area contributed by atoms with Crippen LogP contribution in [0.1, 0.15) is 27.2 Å². The largest absolute Gasteiger partial charge is 0.489 e. The lowest BCUT2D eigenvalue weighted by atomic mass is 10.0. The third-order valence-electron chi connectivity index (χ3n) is 4.81. The highest BCUT2D eigenvalue weighted by molar-refractivity contribution is 6.25. The number of ketones is 1. The summed E-state index contributed by atoms with van der Waals surface area (Å²) in [7, 11) is 0. The van der Waals surface area contributed by atoms with Crippen molar-refractivity contribution in [2.75, 3.05) is 0 Å². The molecule has 0 fully saturated rings. The summed E-state index contributed by atoms with van der Waals surface area (Å²) < 4.78 is 7.06. The number of carbonyl (C=O) groups is 2. The Balaban J connectivity index is 1.69. The van der Waals surface area contributed by atoms with Crippen molar-refractivity contribution in [1.82, 2.24) is 4.09 Å². The van der Waals surface area contributed by atoms with Gasteiger partial charge in [-0.25, -0.2) is 4.09 Å². The van der Waals surface area contributed by atoms with Crippen LogP contribution in [-0.2, 0) is 17.8 Å². The number of hydrogen-bond acceptors (Lipinski definition) is 3. The first-order valence-electron chi connectivity index (χ1n) is 9.36. The topological polar surface area (TPSA) is 68.5 Å². The second-order valence-electron chi connectivity index (χ2n) is 6.83. The molecule has 0 aliphatic heterocycles. The fourth-order valence-electron chi connectivity index (χ4n) is 3.43. The van der Waals surface area contributed by atoms with Crippen LogP contribution in [0, 0.1) is 0 Å². The van der Waals surface area contributed by atoms with Gasteiger partial charge in [0.15, 0.2) is 0 Å². The summed E-state index contributed by atoms with van der Waals surface area (Å²) >= 11 is 6.44. The number of carbonyl (C=O) groups excluding carboxylic acids is 1. The summed E-state index contributed by atoms with van der Waals surface area (Å²) in [5.74, 6) is -0.846. The molecule has 0 amide bonds. The molecule has 0 saturated heterocycles. The Morgan fingerprint density at radius 1 is 0.933 bits per heavy atom. The number of aromatic nitrogens is 1. The SMILES string of the molecule is O=C(O)Cc1c(C(=O)c2cccc(OCc3ccccc3)c2)n(Cl)c2ccccc12. The van der Waals surface area contributed by atoms with Crippen molar-refractivity contribution in [3.05, 3.63) is 101 Å². The predicted octanol–water partition coefficient (Wildman–Crippen LogP) is 5.08. The van der Waals surface area contributed by atoms with Gasteiger partial charge in [0, 0.05) is 28.3 Å². The summed E-state index contributed by atoms with van der Waals surface area (Å²) in [4.78, 5) is 24.7. The maximum atomic E-state index is 13.3. The van der Waals surface area contributed by atoms with Gasteiger partial charge in [-0.1, -0.05) is 60.7 Å². The lowest BCUT2D eigenvalue weighted by molar-refractivity contribution is -0.136. The molecular weight excluding hydrogens is 402 g/mol. The molecule has 1 aromatic heterocycles. The molecule has 1 N–H and O–H groups in total. The van der Waals surface area contributed by atoms with E-state index in [1.165, 1.54) is 4.09 Å². The van der Waals surface area contributed by atoms with E-state index in [9.17, 15) is 14.7 Å². The smallest absolute Gasteiger partial charge is 0.307 e. The van der Waals surface area contributed by atoms with Crippen LogP contribution in [0.15, 0.2) is 78.9 Å². The Kier molecular flexibility index (Phi) is 5.55. The van der Waals surface area contributed by atoms with Crippen molar-refractivity contribution in [3.63, 3.8) is 0 Å². The summed E-state index contributed by atoms with van der Waals surface area (Å²) in [6.07, 6.45) is -0.300. The zero-order valence-corrected chi connectivity index (χ0v) is 16.7. The molecule has 0 radical (unpaired) electrons. The van der Waals surface area contributed by atoms with Crippen molar-refractivity contribution in [3.8, 4) is 5.75 Å². The van der Waals surface area contributed by atoms with Gasteiger partial charge in [-0.2, -0.15) is 0 Å². The molecule has 150 valence electrons. The predicted molar refractivity (Wildman–Crippen MR) is 115 cm³/mol. The van der Waals surface area contributed by atoms with Crippen molar-refractivity contribution in [1.29, 1.82) is 0 Å². The number of hydrogen-bond donors (Lipinski definition) is 1. The fourth-order valence-corrected chi connectivity index (χ4v) is 3.75. The highest BCUT2D eigenvalue weighted by atomic mass is 35.5. The van der Waals surface area contributed by atoms with Crippen LogP contribution in [0.5, 0.6) is 5.75 Å². The van der Waals surface area contributed by atoms with Crippen molar-refractivity contribution in [2.45, 2.75) is 13.0 Å². The third-order valence-corrected chi connectivity index (χ3v) is 5.16. The Bertz CT molecular complexity index is 1230. The average molecular weight is 420 g/mol. The minimum atomic E-state index is -1.03. The maximum Gasteiger partial charge on any atom is 0.307 e. The standard InChI is InChI=1S/C24H18ClNO4/c25-26-21-12-5-4-11-19(21)20(14-22(27)28)23(26)24(29)17-9-6-10-18(13-17)30-15-16-7-2-1-3-8-16/h1-13H,14-15H2,(H,27,28). The van der Waals surface area contributed by atoms with E-state index < -0.39 is 5.97 Å². The Morgan fingerprint density at radius 2 is 1.67 bits per heavy atom. The lowest BCUT2D eigenvalue weighted by Gasteiger charge is -2.09. The maximum absolute atomic E-state index is 13.3. The monoisotopic (exact) mass is 419 g/mol. The summed E-state index contributed by atoms with van der Waals surface area (Å²) in [5, 5.41) is 10.00. The number of fused-ring (bicyclic) bond motifs is 1. The van der Waals surface area contributed by atoms with Crippen LogP contribution in [0.3, 0.4) is 0 Å². The normalized spacial score (nSPS) is 10.8. The van der Waals surface area contributed by atoms with Crippen LogP contribution in [-0.4, -0.2) is 20.9 Å². The van der Waals surface area contributed by atoms with Crippen LogP contribution in [0.4, 0.5) is 0 Å². The van der Waals surface area contributed by atoms with Gasteiger partial charge >= 0.3 is 5.97 Å². The number of rotatable bonds is 7. The molecule has 0 aliphatic rings. The zero-order chi connectivity index (χ0) is 21.1. The minimum Gasteiger partial charge on any atom is -0.489 e. The number of ether oxygens (including phenoxy) is 1. The number of para-hydroxylation sites is 1. The summed E-state index contributed by atoms with van der Waals surface area (Å²) in [5.41, 5.74) is 2.53. The second-order valence-corrected chi connectivity index (χ2v) is 7.16. The summed E-state index contributed by atoms with van der Waals surface area (Å²) in [6.45, 7) is 0.374. The van der Waals surface area contributed by atoms with Crippen molar-refractivity contribution < 1.29 is 19.4 Å². The number of carboxylic acid groups (broad SMARTS) is 1. The molecule has 4 rings (SSSR count). The van der Waals surface area contributed by atoms with Gasteiger partial charge in [0.25, 0.3) is 0 Å². The van der Waals surface area contributed by atoms with E-state index in [2.05, 4.69) is 0 Å². The van der Waals surface area contributed by atoms with Crippen LogP contribution in [0.2, 0.25) is 0 Å². The molecule has 1 heterocycles. The molecule has 6 heteroatoms. The van der Waals surface area contributed by atoms with Crippen LogP contribution >= 0.6 is 11.8 Å². The molecule has 4 aromatic rings. The van der Waals surface area contributed by atoms with E-state index in [1.807, 2.05) is 30.3 Å². The highest BCUT2D eigenvalue weighted by Gasteiger charge is 2.24. The number of nitrogens with zero attached hydrogens (tertiary/aromatic N) is 1. The molecule has 30 heavy (non-hydrogen) atoms. The Labute approximate surface area is 178 Å². The van der Waals surface area contributed by atoms with Gasteiger partial charge in [-0.3, -0.25) is 9.59 Å². The lowest BCUT2D eigenvalue weighted by Crippen LogP contribution is -2.11. The molecular formula is C24H18ClNO4. The Morgan fingerprint density at radius 3 is 2.43 bits per heavy atom. The molecule has 0 aliphatic carbocycles. The van der Waals surface area contributed by atoms with E-state index in [1.54, 1.807) is 48.5 Å². The Hall–Kier alpha value is -3.57. The molecule has 0 spiro atoms. The van der Waals surface area contributed by atoms with E-state index >= 15 is 0 Å². The number of aliphatic carboxylic acids is 1. The number of carboxylic acids is 1. The molecule has 0 bridgehead atoms. The first-order valence-corrected chi connectivity index (χ1v) is 9.70. The van der Waals surface area contributed by atoms with Gasteiger partial charge in [-0.15, -0.1) is 0 Å². The molecule has 5 nitrogen and oxygen atoms in total. The van der Waals surface area contributed by atoms with Gasteiger partial charge in [0.05, 0.1) is 11.9 Å².